The third kappa shape index (κ3) is 4.72. The van der Waals surface area contributed by atoms with E-state index in [-0.39, 0.29) is 23.8 Å². The van der Waals surface area contributed by atoms with E-state index in [0.29, 0.717) is 56.3 Å². The van der Waals surface area contributed by atoms with Gasteiger partial charge in [0.15, 0.2) is 5.69 Å². The SMILES string of the molecule is O=C(NCc1ccccc1Cl)C1CCN(C(=O)c2ncn3c2COC(c2ccccc2)C3)CC1. The van der Waals surface area contributed by atoms with Gasteiger partial charge in [-0.2, -0.15) is 0 Å². The standard InChI is InChI=1S/C26H27ClN4O3/c27-21-9-5-4-8-20(21)14-28-25(32)19-10-12-30(13-11-19)26(33)24-22-16-34-23(15-31(22)17-29-24)18-6-2-1-3-7-18/h1-9,17,19,23H,10-16H2,(H,28,32). The summed E-state index contributed by atoms with van der Waals surface area (Å²) in [6.07, 6.45) is 2.94. The Morgan fingerprint density at radius 1 is 1.06 bits per heavy atom. The van der Waals surface area contributed by atoms with Gasteiger partial charge in [-0.1, -0.05) is 60.1 Å². The van der Waals surface area contributed by atoms with Gasteiger partial charge in [0.05, 0.1) is 25.2 Å². The number of nitrogens with zero attached hydrogens (tertiary/aromatic N) is 3. The van der Waals surface area contributed by atoms with E-state index < -0.39 is 0 Å². The van der Waals surface area contributed by atoms with Gasteiger partial charge in [0.1, 0.15) is 6.10 Å². The maximum Gasteiger partial charge on any atom is 0.274 e. The van der Waals surface area contributed by atoms with Crippen molar-refractivity contribution in [3.8, 4) is 0 Å². The van der Waals surface area contributed by atoms with Crippen molar-refractivity contribution in [1.82, 2.24) is 19.8 Å². The molecule has 3 heterocycles. The van der Waals surface area contributed by atoms with Gasteiger partial charge in [-0.05, 0) is 30.0 Å². The van der Waals surface area contributed by atoms with Crippen molar-refractivity contribution in [3.63, 3.8) is 0 Å². The summed E-state index contributed by atoms with van der Waals surface area (Å²) in [4.78, 5) is 32.0. The number of ether oxygens (including phenoxy) is 1. The summed E-state index contributed by atoms with van der Waals surface area (Å²) in [6.45, 7) is 2.45. The summed E-state index contributed by atoms with van der Waals surface area (Å²) in [6, 6.07) is 17.6. The summed E-state index contributed by atoms with van der Waals surface area (Å²) in [5.41, 5.74) is 3.28. The van der Waals surface area contributed by atoms with Crippen LogP contribution in [0, 0.1) is 5.92 Å². The second-order valence-electron chi connectivity index (χ2n) is 8.78. The second-order valence-corrected chi connectivity index (χ2v) is 9.19. The molecule has 0 aliphatic carbocycles. The normalized spacial score (nSPS) is 18.4. The topological polar surface area (TPSA) is 76.5 Å². The molecule has 0 bridgehead atoms. The van der Waals surface area contributed by atoms with Gasteiger partial charge in [0.2, 0.25) is 5.91 Å². The molecule has 0 spiro atoms. The zero-order chi connectivity index (χ0) is 23.5. The highest BCUT2D eigenvalue weighted by Gasteiger charge is 2.32. The number of hydrogen-bond acceptors (Lipinski definition) is 4. The van der Waals surface area contributed by atoms with Gasteiger partial charge in [0.25, 0.3) is 5.91 Å². The minimum Gasteiger partial charge on any atom is -0.365 e. The molecule has 2 aliphatic rings. The van der Waals surface area contributed by atoms with E-state index in [2.05, 4.69) is 10.3 Å². The monoisotopic (exact) mass is 478 g/mol. The highest BCUT2D eigenvalue weighted by Crippen LogP contribution is 2.29. The molecule has 0 radical (unpaired) electrons. The van der Waals surface area contributed by atoms with Crippen LogP contribution < -0.4 is 5.32 Å². The molecule has 176 valence electrons. The van der Waals surface area contributed by atoms with Crippen LogP contribution in [0.3, 0.4) is 0 Å². The summed E-state index contributed by atoms with van der Waals surface area (Å²) < 4.78 is 8.07. The summed E-state index contributed by atoms with van der Waals surface area (Å²) >= 11 is 6.17. The Hall–Kier alpha value is -3.16. The number of imidazole rings is 1. The number of aromatic nitrogens is 2. The van der Waals surface area contributed by atoms with Gasteiger partial charge in [-0.15, -0.1) is 0 Å². The third-order valence-corrected chi connectivity index (χ3v) is 7.04. The van der Waals surface area contributed by atoms with Crippen molar-refractivity contribution in [1.29, 1.82) is 0 Å². The van der Waals surface area contributed by atoms with Crippen LogP contribution in [-0.4, -0.2) is 39.4 Å². The number of likely N-dealkylation sites (tertiary alicyclic amines) is 1. The predicted octanol–water partition coefficient (Wildman–Crippen LogP) is 3.98. The molecule has 2 aromatic carbocycles. The molecule has 34 heavy (non-hydrogen) atoms. The number of amides is 2. The Labute approximate surface area is 203 Å². The fraction of sp³-hybridized carbons (Fsp3) is 0.346. The highest BCUT2D eigenvalue weighted by atomic mass is 35.5. The van der Waals surface area contributed by atoms with E-state index in [4.69, 9.17) is 16.3 Å². The van der Waals surface area contributed by atoms with Crippen LogP contribution in [0.1, 0.15) is 46.3 Å². The van der Waals surface area contributed by atoms with E-state index in [0.717, 1.165) is 16.8 Å². The molecular formula is C26H27ClN4O3. The average molecular weight is 479 g/mol. The number of carbonyl (C=O) groups excluding carboxylic acids is 2. The largest absolute Gasteiger partial charge is 0.365 e. The number of fused-ring (bicyclic) bond motifs is 1. The molecule has 1 N–H and O–H groups in total. The molecule has 1 fully saturated rings. The lowest BCUT2D eigenvalue weighted by Crippen LogP contribution is -2.43. The Kier molecular flexibility index (Phi) is 6.65. The lowest BCUT2D eigenvalue weighted by molar-refractivity contribution is -0.126. The van der Waals surface area contributed by atoms with Crippen molar-refractivity contribution < 1.29 is 14.3 Å². The van der Waals surface area contributed by atoms with Gasteiger partial charge in [-0.25, -0.2) is 4.98 Å². The molecule has 1 aromatic heterocycles. The lowest BCUT2D eigenvalue weighted by atomic mass is 9.95. The van der Waals surface area contributed by atoms with Crippen molar-refractivity contribution in [3.05, 3.63) is 88.5 Å². The van der Waals surface area contributed by atoms with Crippen molar-refractivity contribution in [2.45, 2.75) is 38.6 Å². The van der Waals surface area contributed by atoms with Crippen LogP contribution in [0.25, 0.3) is 0 Å². The molecule has 1 atom stereocenters. The van der Waals surface area contributed by atoms with E-state index in [1.54, 1.807) is 11.2 Å². The van der Waals surface area contributed by atoms with Crippen molar-refractivity contribution in [2.24, 2.45) is 5.92 Å². The van der Waals surface area contributed by atoms with Crippen LogP contribution in [-0.2, 0) is 29.2 Å². The van der Waals surface area contributed by atoms with Gasteiger partial charge in [0, 0.05) is 30.6 Å². The van der Waals surface area contributed by atoms with E-state index in [9.17, 15) is 9.59 Å². The number of rotatable bonds is 5. The number of halogens is 1. The number of hydrogen-bond donors (Lipinski definition) is 1. The minimum absolute atomic E-state index is 0.00624. The van der Waals surface area contributed by atoms with Crippen LogP contribution in [0.2, 0.25) is 5.02 Å². The molecule has 3 aromatic rings. The molecule has 7 nitrogen and oxygen atoms in total. The Bertz CT molecular complexity index is 1170. The first-order chi connectivity index (χ1) is 16.6. The second kappa shape index (κ2) is 9.99. The summed E-state index contributed by atoms with van der Waals surface area (Å²) in [5.74, 6) is -0.199. The number of nitrogens with one attached hydrogen (secondary N) is 1. The fourth-order valence-corrected chi connectivity index (χ4v) is 4.84. The summed E-state index contributed by atoms with van der Waals surface area (Å²) in [5, 5.41) is 3.62. The highest BCUT2D eigenvalue weighted by molar-refractivity contribution is 6.31. The predicted molar refractivity (Wildman–Crippen MR) is 128 cm³/mol. The number of benzene rings is 2. The van der Waals surface area contributed by atoms with Crippen molar-refractivity contribution in [2.75, 3.05) is 13.1 Å². The first-order valence-electron chi connectivity index (χ1n) is 11.6. The molecular weight excluding hydrogens is 452 g/mol. The third-order valence-electron chi connectivity index (χ3n) is 6.67. The van der Waals surface area contributed by atoms with Crippen LogP contribution >= 0.6 is 11.6 Å². The smallest absolute Gasteiger partial charge is 0.274 e. The lowest BCUT2D eigenvalue weighted by Gasteiger charge is -2.31. The van der Waals surface area contributed by atoms with E-state index >= 15 is 0 Å². The maximum atomic E-state index is 13.2. The van der Waals surface area contributed by atoms with Gasteiger partial charge < -0.3 is 19.5 Å². The summed E-state index contributed by atoms with van der Waals surface area (Å²) in [7, 11) is 0. The molecule has 1 saturated heterocycles. The van der Waals surface area contributed by atoms with Crippen LogP contribution in [0.4, 0.5) is 0 Å². The Morgan fingerprint density at radius 3 is 2.56 bits per heavy atom. The van der Waals surface area contributed by atoms with Gasteiger partial charge in [-0.3, -0.25) is 9.59 Å². The molecule has 8 heteroatoms. The van der Waals surface area contributed by atoms with E-state index in [1.165, 1.54) is 0 Å². The first kappa shape index (κ1) is 22.6. The zero-order valence-corrected chi connectivity index (χ0v) is 19.6. The van der Waals surface area contributed by atoms with Crippen LogP contribution in [0.15, 0.2) is 60.9 Å². The zero-order valence-electron chi connectivity index (χ0n) is 18.8. The van der Waals surface area contributed by atoms with Gasteiger partial charge >= 0.3 is 0 Å². The minimum atomic E-state index is -0.114. The maximum absolute atomic E-state index is 13.2. The molecule has 2 amide bonds. The Morgan fingerprint density at radius 2 is 1.79 bits per heavy atom. The average Bonchev–Trinajstić information content (AvgIpc) is 3.31. The van der Waals surface area contributed by atoms with Crippen LogP contribution in [0.5, 0.6) is 0 Å². The first-order valence-corrected chi connectivity index (χ1v) is 12.0. The molecule has 0 saturated carbocycles. The van der Waals surface area contributed by atoms with E-state index in [1.807, 2.05) is 59.2 Å². The quantitative estimate of drug-likeness (QED) is 0.602. The fourth-order valence-electron chi connectivity index (χ4n) is 4.64. The molecule has 1 unspecified atom stereocenters. The molecule has 5 rings (SSSR count). The Balaban J connectivity index is 1.16. The molecule has 2 aliphatic heterocycles. The number of carbonyl (C=O) groups is 2. The number of piperidine rings is 1. The van der Waals surface area contributed by atoms with Crippen molar-refractivity contribution >= 4 is 23.4 Å².